The molecule has 0 spiro atoms. The number of rotatable bonds is 4. The summed E-state index contributed by atoms with van der Waals surface area (Å²) < 4.78 is 0. The van der Waals surface area contributed by atoms with E-state index >= 15 is 0 Å². The average Bonchev–Trinajstić information content (AvgIpc) is 2.13. The lowest BCUT2D eigenvalue weighted by atomic mass is 9.84. The standard InChI is InChI=1S/C14H27/c1-14(2,3)12-8-7-11-13-9-5-4-6-10-13/h4-12H2,1-3H3. The van der Waals surface area contributed by atoms with Gasteiger partial charge < -0.3 is 0 Å². The van der Waals surface area contributed by atoms with E-state index in [4.69, 9.17) is 0 Å². The Morgan fingerprint density at radius 3 is 2.14 bits per heavy atom. The summed E-state index contributed by atoms with van der Waals surface area (Å²) in [4.78, 5) is 0. The molecule has 0 unspecified atom stereocenters. The first-order chi connectivity index (χ1) is 6.58. The van der Waals surface area contributed by atoms with Gasteiger partial charge in [0.25, 0.3) is 0 Å². The Hall–Kier alpha value is 0. The highest BCUT2D eigenvalue weighted by Crippen LogP contribution is 2.31. The molecular weight excluding hydrogens is 168 g/mol. The van der Waals surface area contributed by atoms with Crippen molar-refractivity contribution in [3.05, 3.63) is 5.92 Å². The summed E-state index contributed by atoms with van der Waals surface area (Å²) in [5.74, 6) is 1.87. The Morgan fingerprint density at radius 1 is 0.929 bits per heavy atom. The van der Waals surface area contributed by atoms with Crippen molar-refractivity contribution in [2.24, 2.45) is 5.41 Å². The van der Waals surface area contributed by atoms with E-state index in [1.54, 1.807) is 0 Å². The highest BCUT2D eigenvalue weighted by atomic mass is 14.2. The minimum Gasteiger partial charge on any atom is -0.0602 e. The maximum absolute atomic E-state index is 2.35. The fourth-order valence-corrected chi connectivity index (χ4v) is 2.33. The first-order valence-corrected chi connectivity index (χ1v) is 6.41. The Morgan fingerprint density at radius 2 is 1.57 bits per heavy atom. The van der Waals surface area contributed by atoms with E-state index in [9.17, 15) is 0 Å². The van der Waals surface area contributed by atoms with Gasteiger partial charge in [0.15, 0.2) is 0 Å². The Bertz CT molecular complexity index is 135. The van der Waals surface area contributed by atoms with Gasteiger partial charge in [-0.2, -0.15) is 0 Å². The van der Waals surface area contributed by atoms with Gasteiger partial charge in [0.2, 0.25) is 0 Å². The van der Waals surface area contributed by atoms with Gasteiger partial charge in [-0.1, -0.05) is 52.9 Å². The van der Waals surface area contributed by atoms with Gasteiger partial charge in [-0.25, -0.2) is 0 Å². The van der Waals surface area contributed by atoms with Crippen LogP contribution in [0.2, 0.25) is 0 Å². The Balaban J connectivity index is 1.97. The van der Waals surface area contributed by atoms with E-state index < -0.39 is 0 Å². The molecule has 0 nitrogen and oxygen atoms in total. The van der Waals surface area contributed by atoms with E-state index in [0.717, 1.165) is 0 Å². The molecule has 83 valence electrons. The minimum atomic E-state index is 0.539. The van der Waals surface area contributed by atoms with Crippen molar-refractivity contribution >= 4 is 0 Å². The van der Waals surface area contributed by atoms with E-state index in [2.05, 4.69) is 20.8 Å². The van der Waals surface area contributed by atoms with Crippen molar-refractivity contribution in [3.63, 3.8) is 0 Å². The van der Waals surface area contributed by atoms with Gasteiger partial charge in [-0.15, -0.1) is 0 Å². The number of hydrogen-bond acceptors (Lipinski definition) is 0. The molecule has 0 N–H and O–H groups in total. The summed E-state index contributed by atoms with van der Waals surface area (Å²) in [6, 6.07) is 0. The molecule has 0 heteroatoms. The highest BCUT2D eigenvalue weighted by Gasteiger charge is 2.14. The number of hydrogen-bond donors (Lipinski definition) is 0. The zero-order valence-corrected chi connectivity index (χ0v) is 10.4. The average molecular weight is 195 g/mol. The molecule has 0 heterocycles. The van der Waals surface area contributed by atoms with Crippen LogP contribution in [0.3, 0.4) is 0 Å². The molecule has 1 saturated carbocycles. The maximum Gasteiger partial charge on any atom is -0.0241 e. The molecule has 0 aromatic carbocycles. The molecular formula is C14H27. The van der Waals surface area contributed by atoms with E-state index in [0.29, 0.717) is 5.41 Å². The predicted molar refractivity (Wildman–Crippen MR) is 64.3 cm³/mol. The van der Waals surface area contributed by atoms with E-state index in [1.165, 1.54) is 57.8 Å². The summed E-state index contributed by atoms with van der Waals surface area (Å²) in [5, 5.41) is 0. The van der Waals surface area contributed by atoms with Gasteiger partial charge in [-0.3, -0.25) is 0 Å². The lowest BCUT2D eigenvalue weighted by molar-refractivity contribution is 0.355. The molecule has 1 rings (SSSR count). The smallest absolute Gasteiger partial charge is 0.0241 e. The maximum atomic E-state index is 2.35. The van der Waals surface area contributed by atoms with Crippen LogP contribution in [0.4, 0.5) is 0 Å². The third-order valence-electron chi connectivity index (χ3n) is 3.27. The van der Waals surface area contributed by atoms with Crippen LogP contribution in [0, 0.1) is 11.3 Å². The molecule has 0 saturated heterocycles. The van der Waals surface area contributed by atoms with E-state index in [1.807, 2.05) is 5.92 Å². The fourth-order valence-electron chi connectivity index (χ4n) is 2.33. The molecule has 0 amide bonds. The molecule has 1 aliphatic carbocycles. The molecule has 0 aromatic heterocycles. The number of unbranched alkanes of at least 4 members (excludes halogenated alkanes) is 1. The molecule has 0 aliphatic heterocycles. The molecule has 1 aliphatic rings. The second-order valence-corrected chi connectivity index (χ2v) is 6.08. The quantitative estimate of drug-likeness (QED) is 0.545. The largest absolute Gasteiger partial charge is 0.0602 e. The minimum absolute atomic E-state index is 0.539. The van der Waals surface area contributed by atoms with Crippen LogP contribution in [0.1, 0.15) is 78.6 Å². The zero-order valence-electron chi connectivity index (χ0n) is 10.4. The molecule has 0 bridgehead atoms. The predicted octanol–water partition coefficient (Wildman–Crippen LogP) is 5.13. The Labute approximate surface area is 90.5 Å². The second-order valence-electron chi connectivity index (χ2n) is 6.08. The van der Waals surface area contributed by atoms with Crippen molar-refractivity contribution in [1.29, 1.82) is 0 Å². The van der Waals surface area contributed by atoms with Crippen LogP contribution in [0.5, 0.6) is 0 Å². The molecule has 0 atom stereocenters. The Kier molecular flexibility index (Phi) is 4.98. The third kappa shape index (κ3) is 5.67. The van der Waals surface area contributed by atoms with Gasteiger partial charge in [0.1, 0.15) is 0 Å². The normalized spacial score (nSPS) is 19.9. The van der Waals surface area contributed by atoms with Crippen LogP contribution < -0.4 is 0 Å². The van der Waals surface area contributed by atoms with Crippen molar-refractivity contribution in [3.8, 4) is 0 Å². The monoisotopic (exact) mass is 195 g/mol. The first-order valence-electron chi connectivity index (χ1n) is 6.41. The van der Waals surface area contributed by atoms with Gasteiger partial charge in [0, 0.05) is 0 Å². The van der Waals surface area contributed by atoms with Crippen molar-refractivity contribution in [2.75, 3.05) is 0 Å². The first kappa shape index (κ1) is 12.1. The van der Waals surface area contributed by atoms with Gasteiger partial charge >= 0.3 is 0 Å². The van der Waals surface area contributed by atoms with Crippen LogP contribution in [0.15, 0.2) is 0 Å². The van der Waals surface area contributed by atoms with Crippen LogP contribution in [-0.2, 0) is 0 Å². The summed E-state index contributed by atoms with van der Waals surface area (Å²) in [7, 11) is 0. The fraction of sp³-hybridized carbons (Fsp3) is 0.929. The second kappa shape index (κ2) is 5.78. The summed E-state index contributed by atoms with van der Waals surface area (Å²) >= 11 is 0. The third-order valence-corrected chi connectivity index (χ3v) is 3.27. The lowest BCUT2D eigenvalue weighted by Crippen LogP contribution is -2.06. The zero-order chi connectivity index (χ0) is 10.4. The van der Waals surface area contributed by atoms with Crippen LogP contribution in [-0.4, -0.2) is 0 Å². The summed E-state index contributed by atoms with van der Waals surface area (Å²) in [6.07, 6.45) is 13.0. The molecule has 0 aromatic rings. The lowest BCUT2D eigenvalue weighted by Gasteiger charge is -2.22. The van der Waals surface area contributed by atoms with Crippen molar-refractivity contribution in [1.82, 2.24) is 0 Å². The van der Waals surface area contributed by atoms with Crippen molar-refractivity contribution < 1.29 is 0 Å². The van der Waals surface area contributed by atoms with Gasteiger partial charge in [0.05, 0.1) is 0 Å². The van der Waals surface area contributed by atoms with Crippen LogP contribution in [0.25, 0.3) is 0 Å². The molecule has 1 radical (unpaired) electrons. The highest BCUT2D eigenvalue weighted by molar-refractivity contribution is 4.91. The molecule has 14 heavy (non-hydrogen) atoms. The van der Waals surface area contributed by atoms with Gasteiger partial charge in [-0.05, 0) is 37.0 Å². The van der Waals surface area contributed by atoms with E-state index in [-0.39, 0.29) is 0 Å². The topological polar surface area (TPSA) is 0 Å². The summed E-state index contributed by atoms with van der Waals surface area (Å²) in [5.41, 5.74) is 0.539. The SMILES string of the molecule is CC(C)(C)CCCC[C]1CCCCC1. The van der Waals surface area contributed by atoms with Crippen molar-refractivity contribution in [2.45, 2.75) is 78.6 Å². The van der Waals surface area contributed by atoms with Crippen LogP contribution >= 0.6 is 0 Å². The summed E-state index contributed by atoms with van der Waals surface area (Å²) in [6.45, 7) is 7.04. The molecule has 1 fully saturated rings.